The Morgan fingerprint density at radius 2 is 1.62 bits per heavy atom. The van der Waals surface area contributed by atoms with Crippen LogP contribution >= 0.6 is 0 Å². The molecule has 0 saturated carbocycles. The van der Waals surface area contributed by atoms with Crippen molar-refractivity contribution < 1.29 is 24.2 Å². The molecule has 7 nitrogen and oxygen atoms in total. The van der Waals surface area contributed by atoms with Gasteiger partial charge in [-0.25, -0.2) is 4.79 Å². The first kappa shape index (κ1) is 25.3. The lowest BCUT2D eigenvalue weighted by molar-refractivity contribution is -0.137. The normalized spacial score (nSPS) is 13.9. The van der Waals surface area contributed by atoms with Crippen molar-refractivity contribution in [3.8, 4) is 11.1 Å². The highest BCUT2D eigenvalue weighted by Gasteiger charge is 2.30. The zero-order valence-electron chi connectivity index (χ0n) is 19.9. The molecule has 2 atom stereocenters. The van der Waals surface area contributed by atoms with E-state index in [4.69, 9.17) is 9.84 Å². The average Bonchev–Trinajstić information content (AvgIpc) is 3.15. The second-order valence-corrected chi connectivity index (χ2v) is 8.91. The van der Waals surface area contributed by atoms with Crippen LogP contribution in [-0.4, -0.2) is 42.3 Å². The van der Waals surface area contributed by atoms with Gasteiger partial charge in [0.15, 0.2) is 0 Å². The molecule has 1 aliphatic rings. The summed E-state index contributed by atoms with van der Waals surface area (Å²) in [7, 11) is 0. The number of nitrogens with one attached hydrogen (secondary N) is 2. The van der Waals surface area contributed by atoms with Crippen molar-refractivity contribution in [1.29, 1.82) is 0 Å². The van der Waals surface area contributed by atoms with Crippen LogP contribution in [0.25, 0.3) is 11.1 Å². The number of carboxylic acid groups (broad SMARTS) is 1. The molecule has 34 heavy (non-hydrogen) atoms. The van der Waals surface area contributed by atoms with Crippen LogP contribution < -0.4 is 10.6 Å². The zero-order chi connectivity index (χ0) is 24.5. The van der Waals surface area contributed by atoms with Crippen LogP contribution in [0, 0.1) is 5.92 Å². The summed E-state index contributed by atoms with van der Waals surface area (Å²) in [4.78, 5) is 36.0. The number of amides is 2. The monoisotopic (exact) mass is 466 g/mol. The first-order chi connectivity index (χ1) is 16.4. The van der Waals surface area contributed by atoms with Gasteiger partial charge in [-0.2, -0.15) is 0 Å². The Labute approximate surface area is 200 Å². The van der Waals surface area contributed by atoms with E-state index in [-0.39, 0.29) is 30.8 Å². The fraction of sp³-hybridized carbons (Fsp3) is 0.444. The summed E-state index contributed by atoms with van der Waals surface area (Å²) in [5.74, 6) is -0.923. The van der Waals surface area contributed by atoms with Crippen molar-refractivity contribution in [3.05, 3.63) is 59.7 Å². The molecule has 0 aromatic heterocycles. The highest BCUT2D eigenvalue weighted by Crippen LogP contribution is 2.44. The number of hydrogen-bond acceptors (Lipinski definition) is 4. The van der Waals surface area contributed by atoms with E-state index in [0.717, 1.165) is 28.7 Å². The third-order valence-corrected chi connectivity index (χ3v) is 6.40. The lowest BCUT2D eigenvalue weighted by Gasteiger charge is -2.22. The van der Waals surface area contributed by atoms with Crippen molar-refractivity contribution in [3.63, 3.8) is 0 Å². The van der Waals surface area contributed by atoms with Crippen molar-refractivity contribution >= 4 is 18.0 Å². The van der Waals surface area contributed by atoms with Crippen LogP contribution in [0.5, 0.6) is 0 Å². The molecule has 0 fully saturated rings. The maximum atomic E-state index is 12.7. The van der Waals surface area contributed by atoms with Crippen LogP contribution in [0.3, 0.4) is 0 Å². The van der Waals surface area contributed by atoms with Crippen LogP contribution in [0.4, 0.5) is 4.79 Å². The fourth-order valence-electron chi connectivity index (χ4n) is 4.32. The topological polar surface area (TPSA) is 105 Å². The number of fused-ring (bicyclic) bond motifs is 3. The van der Waals surface area contributed by atoms with Gasteiger partial charge in [0.1, 0.15) is 12.6 Å². The number of aliphatic carboxylic acids is 1. The number of carboxylic acids is 1. The highest BCUT2D eigenvalue weighted by atomic mass is 16.5. The molecule has 2 aromatic rings. The molecular formula is C27H34N2O5. The number of ether oxygens (including phenoxy) is 1. The maximum absolute atomic E-state index is 12.7. The summed E-state index contributed by atoms with van der Waals surface area (Å²) in [5.41, 5.74) is 4.58. The van der Waals surface area contributed by atoms with Gasteiger partial charge in [-0.15, -0.1) is 0 Å². The zero-order valence-corrected chi connectivity index (χ0v) is 19.9. The van der Waals surface area contributed by atoms with Gasteiger partial charge in [-0.1, -0.05) is 68.8 Å². The maximum Gasteiger partial charge on any atom is 0.407 e. The van der Waals surface area contributed by atoms with Crippen LogP contribution in [-0.2, 0) is 14.3 Å². The standard InChI is InChI=1S/C27H34N2O5/c1-3-18(2)16-24(26(32)28-15-9-8-14-25(30)31)29-27(33)34-17-23-21-12-6-4-10-19(21)20-11-5-7-13-22(20)23/h4-7,10-13,18,23-24H,3,8-9,14-17H2,1-2H3,(H,28,32)(H,29,33)(H,30,31). The lowest BCUT2D eigenvalue weighted by atomic mass is 9.98. The van der Waals surface area contributed by atoms with Crippen LogP contribution in [0.15, 0.2) is 48.5 Å². The van der Waals surface area contributed by atoms with Crippen molar-refractivity contribution in [2.24, 2.45) is 5.92 Å². The molecular weight excluding hydrogens is 432 g/mol. The van der Waals surface area contributed by atoms with E-state index in [1.54, 1.807) is 0 Å². The second-order valence-electron chi connectivity index (χ2n) is 8.91. The second kappa shape index (κ2) is 12.2. The number of carbonyl (C=O) groups is 3. The smallest absolute Gasteiger partial charge is 0.407 e. The molecule has 0 bridgehead atoms. The van der Waals surface area contributed by atoms with E-state index in [0.29, 0.717) is 25.8 Å². The number of rotatable bonds is 12. The van der Waals surface area contributed by atoms with Crippen molar-refractivity contribution in [2.75, 3.05) is 13.2 Å². The third kappa shape index (κ3) is 6.59. The molecule has 0 heterocycles. The Hall–Kier alpha value is -3.35. The Balaban J connectivity index is 1.58. The fourth-order valence-corrected chi connectivity index (χ4v) is 4.32. The Morgan fingerprint density at radius 3 is 2.21 bits per heavy atom. The number of benzene rings is 2. The van der Waals surface area contributed by atoms with E-state index < -0.39 is 18.1 Å². The quantitative estimate of drug-likeness (QED) is 0.393. The molecule has 2 unspecified atom stereocenters. The summed E-state index contributed by atoms with van der Waals surface area (Å²) in [6.45, 7) is 4.63. The summed E-state index contributed by atoms with van der Waals surface area (Å²) >= 11 is 0. The van der Waals surface area contributed by atoms with E-state index in [2.05, 4.69) is 34.9 Å². The highest BCUT2D eigenvalue weighted by molar-refractivity contribution is 5.85. The molecule has 0 saturated heterocycles. The molecule has 0 spiro atoms. The Kier molecular flexibility index (Phi) is 9.08. The van der Waals surface area contributed by atoms with E-state index in [1.165, 1.54) is 0 Å². The van der Waals surface area contributed by atoms with Gasteiger partial charge in [0.25, 0.3) is 0 Å². The largest absolute Gasteiger partial charge is 0.481 e. The number of hydrogen-bond donors (Lipinski definition) is 3. The van der Waals surface area contributed by atoms with Crippen LogP contribution in [0.2, 0.25) is 0 Å². The van der Waals surface area contributed by atoms with Gasteiger partial charge in [0.2, 0.25) is 5.91 Å². The minimum atomic E-state index is -0.849. The summed E-state index contributed by atoms with van der Waals surface area (Å²) in [5, 5.41) is 14.3. The molecule has 7 heteroatoms. The van der Waals surface area contributed by atoms with Crippen LogP contribution in [0.1, 0.15) is 63.0 Å². The molecule has 3 rings (SSSR count). The average molecular weight is 467 g/mol. The van der Waals surface area contributed by atoms with Gasteiger partial charge in [-0.05, 0) is 47.4 Å². The molecule has 2 amide bonds. The number of unbranched alkanes of at least 4 members (excludes halogenated alkanes) is 1. The number of carbonyl (C=O) groups excluding carboxylic acids is 2. The van der Waals surface area contributed by atoms with Gasteiger partial charge in [-0.3, -0.25) is 9.59 Å². The van der Waals surface area contributed by atoms with E-state index in [9.17, 15) is 14.4 Å². The van der Waals surface area contributed by atoms with Gasteiger partial charge in [0, 0.05) is 18.9 Å². The molecule has 3 N–H and O–H groups in total. The minimum absolute atomic E-state index is 0.0470. The summed E-state index contributed by atoms with van der Waals surface area (Å²) in [6, 6.07) is 15.6. The summed E-state index contributed by atoms with van der Waals surface area (Å²) in [6.07, 6.45) is 1.90. The lowest BCUT2D eigenvalue weighted by Crippen LogP contribution is -2.48. The first-order valence-corrected chi connectivity index (χ1v) is 12.0. The van der Waals surface area contributed by atoms with Gasteiger partial charge < -0.3 is 20.5 Å². The van der Waals surface area contributed by atoms with Crippen molar-refractivity contribution in [2.45, 2.75) is 57.9 Å². The van der Waals surface area contributed by atoms with Gasteiger partial charge in [0.05, 0.1) is 0 Å². The minimum Gasteiger partial charge on any atom is -0.481 e. The Bertz CT molecular complexity index is 961. The van der Waals surface area contributed by atoms with E-state index >= 15 is 0 Å². The number of alkyl carbamates (subject to hydrolysis) is 1. The van der Waals surface area contributed by atoms with Crippen molar-refractivity contribution in [1.82, 2.24) is 10.6 Å². The van der Waals surface area contributed by atoms with Gasteiger partial charge >= 0.3 is 12.1 Å². The predicted molar refractivity (Wildman–Crippen MR) is 131 cm³/mol. The summed E-state index contributed by atoms with van der Waals surface area (Å²) < 4.78 is 5.61. The Morgan fingerprint density at radius 1 is 1.00 bits per heavy atom. The molecule has 0 aliphatic heterocycles. The SMILES string of the molecule is CCC(C)CC(NC(=O)OCC1c2ccccc2-c2ccccc21)C(=O)NCCCCC(=O)O. The molecule has 182 valence electrons. The van der Waals surface area contributed by atoms with E-state index in [1.807, 2.05) is 38.1 Å². The first-order valence-electron chi connectivity index (χ1n) is 12.0. The molecule has 2 aromatic carbocycles. The molecule has 0 radical (unpaired) electrons. The third-order valence-electron chi connectivity index (χ3n) is 6.40. The molecule has 1 aliphatic carbocycles. The predicted octanol–water partition coefficient (Wildman–Crippen LogP) is 4.70.